The lowest BCUT2D eigenvalue weighted by atomic mass is 10.0. The molecule has 1 atom stereocenters. The predicted octanol–water partition coefficient (Wildman–Crippen LogP) is 1.03. The molecule has 2 rings (SSSR count). The Labute approximate surface area is 123 Å². The van der Waals surface area contributed by atoms with Crippen LogP contribution in [-0.2, 0) is 9.53 Å². The Morgan fingerprint density at radius 3 is 2.90 bits per heavy atom. The van der Waals surface area contributed by atoms with Crippen LogP contribution in [0.3, 0.4) is 0 Å². The van der Waals surface area contributed by atoms with Crippen molar-refractivity contribution in [3.05, 3.63) is 18.1 Å². The van der Waals surface area contributed by atoms with E-state index in [1.807, 2.05) is 11.8 Å². The molecule has 0 aromatic carbocycles. The number of piperidine rings is 1. The van der Waals surface area contributed by atoms with Gasteiger partial charge in [-0.3, -0.25) is 0 Å². The van der Waals surface area contributed by atoms with Crippen LogP contribution >= 0.6 is 12.2 Å². The monoisotopic (exact) mass is 294 g/mol. The first-order valence-electron chi connectivity index (χ1n) is 6.68. The lowest BCUT2D eigenvalue weighted by Gasteiger charge is -2.34. The molecule has 1 aliphatic rings. The number of thiocarbonyl (C=S) groups is 1. The quantitative estimate of drug-likeness (QED) is 0.656. The Balaban J connectivity index is 2.18. The molecule has 108 valence electrons. The van der Waals surface area contributed by atoms with Crippen LogP contribution in [0, 0.1) is 0 Å². The minimum Gasteiger partial charge on any atom is -0.464 e. The van der Waals surface area contributed by atoms with Crippen molar-refractivity contribution in [1.29, 1.82) is 0 Å². The molecule has 0 spiro atoms. The predicted molar refractivity (Wildman–Crippen MR) is 79.5 cm³/mol. The molecule has 0 amide bonds. The van der Waals surface area contributed by atoms with Gasteiger partial charge in [-0.15, -0.1) is 0 Å². The number of hydrogen-bond acceptors (Lipinski definition) is 6. The van der Waals surface area contributed by atoms with Gasteiger partial charge < -0.3 is 15.4 Å². The highest BCUT2D eigenvalue weighted by molar-refractivity contribution is 7.80. The number of nitrogens with two attached hydrogens (primary N) is 1. The maximum absolute atomic E-state index is 12.0. The zero-order chi connectivity index (χ0) is 14.5. The number of nitrogens with zero attached hydrogens (tertiary/aromatic N) is 3. The molecular weight excluding hydrogens is 276 g/mol. The molecule has 1 saturated heterocycles. The number of carbonyl (C=O) groups is 1. The average Bonchev–Trinajstić information content (AvgIpc) is 2.47. The largest absolute Gasteiger partial charge is 0.464 e. The highest BCUT2D eigenvalue weighted by Gasteiger charge is 2.30. The number of hydrogen-bond donors (Lipinski definition) is 1. The smallest absolute Gasteiger partial charge is 0.328 e. The fourth-order valence-electron chi connectivity index (χ4n) is 2.29. The number of anilines is 1. The summed E-state index contributed by atoms with van der Waals surface area (Å²) in [5, 5.41) is 0. The van der Waals surface area contributed by atoms with Gasteiger partial charge in [0.15, 0.2) is 0 Å². The lowest BCUT2D eigenvalue weighted by Crippen LogP contribution is -2.46. The summed E-state index contributed by atoms with van der Waals surface area (Å²) >= 11 is 4.85. The summed E-state index contributed by atoms with van der Waals surface area (Å²) in [4.78, 5) is 22.6. The van der Waals surface area contributed by atoms with E-state index in [2.05, 4.69) is 9.97 Å². The van der Waals surface area contributed by atoms with Gasteiger partial charge in [0.2, 0.25) is 0 Å². The first-order chi connectivity index (χ1) is 9.63. The summed E-state index contributed by atoms with van der Waals surface area (Å²) in [6.45, 7) is 2.96. The van der Waals surface area contributed by atoms with Crippen molar-refractivity contribution in [1.82, 2.24) is 9.97 Å². The van der Waals surface area contributed by atoms with E-state index >= 15 is 0 Å². The minimum absolute atomic E-state index is 0.201. The van der Waals surface area contributed by atoms with E-state index in [4.69, 9.17) is 22.7 Å². The van der Waals surface area contributed by atoms with E-state index in [1.165, 1.54) is 6.20 Å². The second-order valence-electron chi connectivity index (χ2n) is 4.58. The van der Waals surface area contributed by atoms with E-state index < -0.39 is 0 Å². The summed E-state index contributed by atoms with van der Waals surface area (Å²) in [6.07, 6.45) is 5.95. The van der Waals surface area contributed by atoms with E-state index in [1.54, 1.807) is 6.20 Å². The van der Waals surface area contributed by atoms with Crippen LogP contribution < -0.4 is 10.6 Å². The van der Waals surface area contributed by atoms with Gasteiger partial charge in [-0.05, 0) is 26.2 Å². The Hall–Kier alpha value is -1.76. The van der Waals surface area contributed by atoms with E-state index in [0.29, 0.717) is 18.1 Å². The fourth-order valence-corrected chi connectivity index (χ4v) is 2.39. The van der Waals surface area contributed by atoms with Crippen molar-refractivity contribution < 1.29 is 9.53 Å². The van der Waals surface area contributed by atoms with Crippen molar-refractivity contribution >= 4 is 29.0 Å². The molecule has 1 aromatic heterocycles. The van der Waals surface area contributed by atoms with Gasteiger partial charge in [0, 0.05) is 6.54 Å². The second kappa shape index (κ2) is 6.60. The molecule has 20 heavy (non-hydrogen) atoms. The Morgan fingerprint density at radius 1 is 1.50 bits per heavy atom. The molecule has 0 saturated carbocycles. The van der Waals surface area contributed by atoms with Gasteiger partial charge in [0.25, 0.3) is 0 Å². The second-order valence-corrected chi connectivity index (χ2v) is 5.02. The summed E-state index contributed by atoms with van der Waals surface area (Å²) in [5.74, 6) is 0.454. The normalized spacial score (nSPS) is 18.6. The molecule has 2 heterocycles. The highest BCUT2D eigenvalue weighted by atomic mass is 32.1. The fraction of sp³-hybridized carbons (Fsp3) is 0.538. The van der Waals surface area contributed by atoms with Crippen molar-refractivity contribution in [3.8, 4) is 0 Å². The number of carbonyl (C=O) groups excluding carboxylic acids is 1. The van der Waals surface area contributed by atoms with Gasteiger partial charge in [0.05, 0.1) is 19.0 Å². The summed E-state index contributed by atoms with van der Waals surface area (Å²) < 4.78 is 5.13. The molecule has 1 unspecified atom stereocenters. The molecular formula is C13H18N4O2S. The third kappa shape index (κ3) is 3.22. The number of aromatic nitrogens is 2. The molecule has 2 N–H and O–H groups in total. The standard InChI is InChI=1S/C13H18N4O2S/c1-2-19-13(18)10-5-3-4-6-17(10)11-8-15-9(7-16-11)12(14)20/h7-8,10H,2-6H2,1H3,(H2,14,20). The van der Waals surface area contributed by atoms with Crippen LogP contribution in [-0.4, -0.2) is 40.1 Å². The molecule has 1 aromatic rings. The van der Waals surface area contributed by atoms with Crippen molar-refractivity contribution in [3.63, 3.8) is 0 Å². The first kappa shape index (κ1) is 14.6. The summed E-state index contributed by atoms with van der Waals surface area (Å²) in [5.41, 5.74) is 5.98. The topological polar surface area (TPSA) is 81.3 Å². The third-order valence-corrected chi connectivity index (χ3v) is 3.46. The first-order valence-corrected chi connectivity index (χ1v) is 7.09. The molecule has 1 aliphatic heterocycles. The van der Waals surface area contributed by atoms with E-state index in [0.717, 1.165) is 25.8 Å². The Kier molecular flexibility index (Phi) is 4.84. The minimum atomic E-state index is -0.284. The third-order valence-electron chi connectivity index (χ3n) is 3.25. The molecule has 0 aliphatic carbocycles. The zero-order valence-corrected chi connectivity index (χ0v) is 12.2. The molecule has 1 fully saturated rings. The zero-order valence-electron chi connectivity index (χ0n) is 11.4. The van der Waals surface area contributed by atoms with Crippen LogP contribution in [0.25, 0.3) is 0 Å². The van der Waals surface area contributed by atoms with Gasteiger partial charge in [-0.1, -0.05) is 12.2 Å². The van der Waals surface area contributed by atoms with Gasteiger partial charge in [0.1, 0.15) is 22.5 Å². The molecule has 0 bridgehead atoms. The molecule has 7 heteroatoms. The number of rotatable bonds is 4. The van der Waals surface area contributed by atoms with Gasteiger partial charge in [-0.2, -0.15) is 0 Å². The van der Waals surface area contributed by atoms with Gasteiger partial charge in [-0.25, -0.2) is 14.8 Å². The van der Waals surface area contributed by atoms with Crippen molar-refractivity contribution in [2.24, 2.45) is 5.73 Å². The molecule has 0 radical (unpaired) electrons. The number of ether oxygens (including phenoxy) is 1. The average molecular weight is 294 g/mol. The maximum Gasteiger partial charge on any atom is 0.328 e. The van der Waals surface area contributed by atoms with E-state index in [-0.39, 0.29) is 17.0 Å². The van der Waals surface area contributed by atoms with Crippen LogP contribution in [0.2, 0.25) is 0 Å². The summed E-state index contributed by atoms with van der Waals surface area (Å²) in [7, 11) is 0. The maximum atomic E-state index is 12.0. The van der Waals surface area contributed by atoms with Crippen LogP contribution in [0.4, 0.5) is 5.82 Å². The van der Waals surface area contributed by atoms with Crippen LogP contribution in [0.15, 0.2) is 12.4 Å². The van der Waals surface area contributed by atoms with Crippen LogP contribution in [0.5, 0.6) is 0 Å². The Bertz CT molecular complexity index is 492. The van der Waals surface area contributed by atoms with E-state index in [9.17, 15) is 4.79 Å². The van der Waals surface area contributed by atoms with Crippen molar-refractivity contribution in [2.45, 2.75) is 32.2 Å². The lowest BCUT2D eigenvalue weighted by molar-refractivity contribution is -0.145. The Morgan fingerprint density at radius 2 is 2.30 bits per heavy atom. The van der Waals surface area contributed by atoms with Crippen LogP contribution in [0.1, 0.15) is 31.9 Å². The van der Waals surface area contributed by atoms with Crippen molar-refractivity contribution in [2.75, 3.05) is 18.1 Å². The SMILES string of the molecule is CCOC(=O)C1CCCCN1c1cnc(C(N)=S)cn1. The molecule has 6 nitrogen and oxygen atoms in total. The highest BCUT2D eigenvalue weighted by Crippen LogP contribution is 2.23. The number of esters is 1. The summed E-state index contributed by atoms with van der Waals surface area (Å²) in [6, 6.07) is -0.284. The van der Waals surface area contributed by atoms with Gasteiger partial charge >= 0.3 is 5.97 Å².